The van der Waals surface area contributed by atoms with E-state index in [2.05, 4.69) is 4.90 Å². The van der Waals surface area contributed by atoms with Crippen molar-refractivity contribution in [3.8, 4) is 0 Å². The molecule has 0 aromatic heterocycles. The number of likely N-dealkylation sites (tertiary alicyclic amines) is 2. The highest BCUT2D eigenvalue weighted by molar-refractivity contribution is 5.94. The van der Waals surface area contributed by atoms with Gasteiger partial charge in [0.15, 0.2) is 0 Å². The largest absolute Gasteiger partial charge is 0.392 e. The molecule has 2 heterocycles. The summed E-state index contributed by atoms with van der Waals surface area (Å²) in [4.78, 5) is 17.0. The quantitative estimate of drug-likeness (QED) is 0.867. The van der Waals surface area contributed by atoms with E-state index in [9.17, 15) is 9.90 Å². The first kappa shape index (κ1) is 15.5. The van der Waals surface area contributed by atoms with Crippen LogP contribution in [-0.2, 0) is 6.61 Å². The van der Waals surface area contributed by atoms with E-state index in [-0.39, 0.29) is 12.5 Å². The third-order valence-electron chi connectivity index (χ3n) is 4.90. The molecule has 2 fully saturated rings. The topological polar surface area (TPSA) is 69.8 Å². The maximum atomic E-state index is 12.6. The fourth-order valence-electron chi connectivity index (χ4n) is 3.49. The van der Waals surface area contributed by atoms with Gasteiger partial charge in [-0.25, -0.2) is 0 Å². The summed E-state index contributed by atoms with van der Waals surface area (Å²) in [6.45, 7) is 3.69. The molecule has 1 unspecified atom stereocenters. The maximum Gasteiger partial charge on any atom is 0.253 e. The molecule has 1 aromatic carbocycles. The zero-order valence-corrected chi connectivity index (χ0v) is 12.9. The predicted octanol–water partition coefficient (Wildman–Crippen LogP) is 0.816. The molecule has 5 heteroatoms. The van der Waals surface area contributed by atoms with Gasteiger partial charge in [0.05, 0.1) is 6.61 Å². The first-order valence-electron chi connectivity index (χ1n) is 8.16. The van der Waals surface area contributed by atoms with E-state index in [1.807, 2.05) is 23.1 Å². The maximum absolute atomic E-state index is 12.6. The van der Waals surface area contributed by atoms with Gasteiger partial charge in [-0.05, 0) is 50.0 Å². The first-order chi connectivity index (χ1) is 10.7. The number of aliphatic hydroxyl groups excluding tert-OH is 1. The molecule has 1 amide bonds. The lowest BCUT2D eigenvalue weighted by Crippen LogP contribution is -2.46. The van der Waals surface area contributed by atoms with E-state index < -0.39 is 0 Å². The minimum atomic E-state index is -0.0300. The van der Waals surface area contributed by atoms with Crippen molar-refractivity contribution in [1.82, 2.24) is 9.80 Å². The van der Waals surface area contributed by atoms with Crippen LogP contribution in [0.1, 0.15) is 35.2 Å². The summed E-state index contributed by atoms with van der Waals surface area (Å²) in [6, 6.07) is 8.09. The SMILES string of the molecule is NC1CCN(C2CCN(C(=O)c3cccc(CO)c3)C2)CC1. The van der Waals surface area contributed by atoms with Crippen molar-refractivity contribution in [3.63, 3.8) is 0 Å². The van der Waals surface area contributed by atoms with Gasteiger partial charge in [-0.3, -0.25) is 9.69 Å². The van der Waals surface area contributed by atoms with E-state index in [0.717, 1.165) is 51.0 Å². The molecule has 2 saturated heterocycles. The van der Waals surface area contributed by atoms with E-state index >= 15 is 0 Å². The number of hydrogen-bond acceptors (Lipinski definition) is 4. The molecule has 1 atom stereocenters. The fraction of sp³-hybridized carbons (Fsp3) is 0.588. The van der Waals surface area contributed by atoms with Crippen LogP contribution in [0.15, 0.2) is 24.3 Å². The van der Waals surface area contributed by atoms with Crippen LogP contribution in [0, 0.1) is 0 Å². The Hall–Kier alpha value is -1.43. The lowest BCUT2D eigenvalue weighted by Gasteiger charge is -2.34. The number of rotatable bonds is 3. The molecule has 5 nitrogen and oxygen atoms in total. The molecule has 2 aliphatic heterocycles. The normalized spacial score (nSPS) is 23.9. The van der Waals surface area contributed by atoms with Crippen molar-refractivity contribution in [1.29, 1.82) is 0 Å². The molecule has 3 N–H and O–H groups in total. The number of hydrogen-bond donors (Lipinski definition) is 2. The number of carbonyl (C=O) groups is 1. The van der Waals surface area contributed by atoms with Crippen LogP contribution in [0.25, 0.3) is 0 Å². The van der Waals surface area contributed by atoms with Gasteiger partial charge in [0.25, 0.3) is 5.91 Å². The van der Waals surface area contributed by atoms with Gasteiger partial charge in [0.2, 0.25) is 0 Å². The van der Waals surface area contributed by atoms with Crippen LogP contribution in [0.5, 0.6) is 0 Å². The van der Waals surface area contributed by atoms with Crippen molar-refractivity contribution in [2.45, 2.75) is 38.0 Å². The Morgan fingerprint density at radius 3 is 2.73 bits per heavy atom. The minimum Gasteiger partial charge on any atom is -0.392 e. The number of amides is 1. The first-order valence-corrected chi connectivity index (χ1v) is 8.16. The summed E-state index contributed by atoms with van der Waals surface area (Å²) in [5.74, 6) is 0.0755. The lowest BCUT2D eigenvalue weighted by molar-refractivity contribution is 0.0769. The average molecular weight is 303 g/mol. The molecule has 0 spiro atoms. The Labute approximate surface area is 131 Å². The van der Waals surface area contributed by atoms with Crippen LogP contribution >= 0.6 is 0 Å². The molecule has 3 rings (SSSR count). The molecule has 0 saturated carbocycles. The molecule has 1 aromatic rings. The van der Waals surface area contributed by atoms with E-state index in [4.69, 9.17) is 5.73 Å². The van der Waals surface area contributed by atoms with Gasteiger partial charge in [-0.2, -0.15) is 0 Å². The second-order valence-corrected chi connectivity index (χ2v) is 6.43. The summed E-state index contributed by atoms with van der Waals surface area (Å²) < 4.78 is 0. The van der Waals surface area contributed by atoms with E-state index in [1.165, 1.54) is 0 Å². The molecule has 120 valence electrons. The highest BCUT2D eigenvalue weighted by Gasteiger charge is 2.32. The van der Waals surface area contributed by atoms with Crippen molar-refractivity contribution in [3.05, 3.63) is 35.4 Å². The summed E-state index contributed by atoms with van der Waals surface area (Å²) in [7, 11) is 0. The van der Waals surface area contributed by atoms with Crippen molar-refractivity contribution in [2.75, 3.05) is 26.2 Å². The third kappa shape index (κ3) is 3.32. The van der Waals surface area contributed by atoms with Crippen LogP contribution < -0.4 is 5.73 Å². The Morgan fingerprint density at radius 1 is 1.23 bits per heavy atom. The number of nitrogens with zero attached hydrogens (tertiary/aromatic N) is 2. The Morgan fingerprint density at radius 2 is 2.00 bits per heavy atom. The predicted molar refractivity (Wildman–Crippen MR) is 85.5 cm³/mol. The average Bonchev–Trinajstić information content (AvgIpc) is 3.05. The van der Waals surface area contributed by atoms with Crippen LogP contribution in [-0.4, -0.2) is 59.1 Å². The zero-order valence-electron chi connectivity index (χ0n) is 12.9. The summed E-state index contributed by atoms with van der Waals surface area (Å²) in [6.07, 6.45) is 3.16. The van der Waals surface area contributed by atoms with Crippen LogP contribution in [0.2, 0.25) is 0 Å². The second-order valence-electron chi connectivity index (χ2n) is 6.43. The molecule has 0 radical (unpaired) electrons. The highest BCUT2D eigenvalue weighted by Crippen LogP contribution is 2.21. The van der Waals surface area contributed by atoms with Crippen molar-refractivity contribution >= 4 is 5.91 Å². The lowest BCUT2D eigenvalue weighted by atomic mass is 10.0. The smallest absolute Gasteiger partial charge is 0.253 e. The van der Waals surface area contributed by atoms with Crippen molar-refractivity contribution in [2.24, 2.45) is 5.73 Å². The fourth-order valence-corrected chi connectivity index (χ4v) is 3.49. The monoisotopic (exact) mass is 303 g/mol. The Kier molecular flexibility index (Phi) is 4.76. The Balaban J connectivity index is 1.61. The highest BCUT2D eigenvalue weighted by atomic mass is 16.3. The molecule has 2 aliphatic rings. The number of benzene rings is 1. The van der Waals surface area contributed by atoms with Gasteiger partial charge in [0.1, 0.15) is 0 Å². The number of nitrogens with two attached hydrogens (primary N) is 1. The molecule has 0 bridgehead atoms. The van der Waals surface area contributed by atoms with Crippen molar-refractivity contribution < 1.29 is 9.90 Å². The third-order valence-corrected chi connectivity index (χ3v) is 4.90. The van der Waals surface area contributed by atoms with E-state index in [0.29, 0.717) is 17.6 Å². The van der Waals surface area contributed by atoms with Crippen LogP contribution in [0.3, 0.4) is 0 Å². The summed E-state index contributed by atoms with van der Waals surface area (Å²) in [5, 5.41) is 9.20. The number of aliphatic hydroxyl groups is 1. The summed E-state index contributed by atoms with van der Waals surface area (Å²) >= 11 is 0. The molecular weight excluding hydrogens is 278 g/mol. The van der Waals surface area contributed by atoms with Gasteiger partial charge in [-0.1, -0.05) is 12.1 Å². The molecule has 22 heavy (non-hydrogen) atoms. The van der Waals surface area contributed by atoms with Gasteiger partial charge in [0, 0.05) is 30.7 Å². The van der Waals surface area contributed by atoms with Crippen LogP contribution in [0.4, 0.5) is 0 Å². The molecule has 0 aliphatic carbocycles. The molecular formula is C17H25N3O2. The van der Waals surface area contributed by atoms with Gasteiger partial charge >= 0.3 is 0 Å². The standard InChI is InChI=1S/C17H25N3O2/c18-15-4-7-19(8-5-15)16-6-9-20(11-16)17(22)14-3-1-2-13(10-14)12-21/h1-3,10,15-16,21H,4-9,11-12,18H2. The number of carbonyl (C=O) groups excluding carboxylic acids is 1. The minimum absolute atomic E-state index is 0.0300. The Bertz CT molecular complexity index is 526. The number of piperidine rings is 1. The zero-order chi connectivity index (χ0) is 15.5. The second kappa shape index (κ2) is 6.77. The van der Waals surface area contributed by atoms with Gasteiger partial charge < -0.3 is 15.7 Å². The van der Waals surface area contributed by atoms with Gasteiger partial charge in [-0.15, -0.1) is 0 Å². The summed E-state index contributed by atoms with van der Waals surface area (Å²) in [5.41, 5.74) is 7.42. The van der Waals surface area contributed by atoms with E-state index in [1.54, 1.807) is 6.07 Å².